The predicted molar refractivity (Wildman–Crippen MR) is 69.8 cm³/mol. The molecule has 5 heteroatoms. The molecule has 1 aromatic rings. The minimum atomic E-state index is -1.22. The van der Waals surface area contributed by atoms with Crippen LogP contribution < -0.4 is 0 Å². The van der Waals surface area contributed by atoms with Crippen LogP contribution in [-0.4, -0.2) is 35.0 Å². The van der Waals surface area contributed by atoms with Gasteiger partial charge >= 0.3 is 5.97 Å². The molecular formula is C14H18FNO3. The zero-order valence-corrected chi connectivity index (χ0v) is 11.5. The maximum atomic E-state index is 13.8. The lowest BCUT2D eigenvalue weighted by Gasteiger charge is -2.28. The highest BCUT2D eigenvalue weighted by Gasteiger charge is 2.22. The number of halogens is 1. The van der Waals surface area contributed by atoms with Gasteiger partial charge in [0.25, 0.3) is 5.91 Å². The Morgan fingerprint density at radius 3 is 2.26 bits per heavy atom. The van der Waals surface area contributed by atoms with Gasteiger partial charge in [-0.15, -0.1) is 0 Å². The lowest BCUT2D eigenvalue weighted by molar-refractivity contribution is 0.0684. The van der Waals surface area contributed by atoms with Gasteiger partial charge in [-0.05, 0) is 31.0 Å². The largest absolute Gasteiger partial charge is 0.478 e. The third-order valence-corrected chi connectivity index (χ3v) is 3.34. The SMILES string of the molecule is CC(C)C(C)N(C)C(=O)c1ccc(C(=O)O)cc1F. The van der Waals surface area contributed by atoms with Gasteiger partial charge in [-0.1, -0.05) is 13.8 Å². The van der Waals surface area contributed by atoms with Gasteiger partial charge in [-0.3, -0.25) is 4.79 Å². The third-order valence-electron chi connectivity index (χ3n) is 3.34. The molecule has 0 heterocycles. The Kier molecular flexibility index (Phi) is 4.64. The Labute approximate surface area is 111 Å². The summed E-state index contributed by atoms with van der Waals surface area (Å²) >= 11 is 0. The summed E-state index contributed by atoms with van der Waals surface area (Å²) in [7, 11) is 1.61. The van der Waals surface area contributed by atoms with E-state index in [1.54, 1.807) is 7.05 Å². The van der Waals surface area contributed by atoms with Gasteiger partial charge in [-0.25, -0.2) is 9.18 Å². The summed E-state index contributed by atoms with van der Waals surface area (Å²) in [6, 6.07) is 3.27. The first kappa shape index (κ1) is 15.1. The van der Waals surface area contributed by atoms with Gasteiger partial charge in [0.1, 0.15) is 5.82 Å². The molecule has 0 aliphatic carbocycles. The first-order valence-electron chi connectivity index (χ1n) is 6.05. The van der Waals surface area contributed by atoms with Crippen molar-refractivity contribution in [2.75, 3.05) is 7.05 Å². The zero-order chi connectivity index (χ0) is 14.7. The first-order chi connectivity index (χ1) is 8.75. The van der Waals surface area contributed by atoms with Crippen molar-refractivity contribution in [1.29, 1.82) is 0 Å². The highest BCUT2D eigenvalue weighted by Crippen LogP contribution is 2.16. The predicted octanol–water partition coefficient (Wildman–Crippen LogP) is 2.64. The fourth-order valence-corrected chi connectivity index (χ4v) is 1.64. The minimum absolute atomic E-state index is 0.0361. The summed E-state index contributed by atoms with van der Waals surface area (Å²) in [4.78, 5) is 24.3. The Bertz CT molecular complexity index is 499. The molecular weight excluding hydrogens is 249 g/mol. The number of carboxylic acid groups (broad SMARTS) is 1. The van der Waals surface area contributed by atoms with E-state index < -0.39 is 17.7 Å². The average molecular weight is 267 g/mol. The lowest BCUT2D eigenvalue weighted by Crippen LogP contribution is -2.38. The zero-order valence-electron chi connectivity index (χ0n) is 11.5. The van der Waals surface area contributed by atoms with Crippen LogP contribution in [0.25, 0.3) is 0 Å². The van der Waals surface area contributed by atoms with Gasteiger partial charge < -0.3 is 10.0 Å². The second kappa shape index (κ2) is 5.82. The molecule has 1 amide bonds. The molecule has 0 saturated heterocycles. The van der Waals surface area contributed by atoms with E-state index in [0.717, 1.165) is 6.07 Å². The molecule has 0 aliphatic heterocycles. The fraction of sp³-hybridized carbons (Fsp3) is 0.429. The number of nitrogens with zero attached hydrogens (tertiary/aromatic N) is 1. The number of benzene rings is 1. The maximum absolute atomic E-state index is 13.8. The van der Waals surface area contributed by atoms with Crippen molar-refractivity contribution in [3.8, 4) is 0 Å². The molecule has 4 nitrogen and oxygen atoms in total. The monoisotopic (exact) mass is 267 g/mol. The highest BCUT2D eigenvalue weighted by molar-refractivity contribution is 5.96. The average Bonchev–Trinajstić information content (AvgIpc) is 2.35. The lowest BCUT2D eigenvalue weighted by atomic mass is 10.0. The third kappa shape index (κ3) is 3.30. The van der Waals surface area contributed by atoms with Crippen LogP contribution in [0.1, 0.15) is 41.5 Å². The van der Waals surface area contributed by atoms with Gasteiger partial charge in [0.2, 0.25) is 0 Å². The van der Waals surface area contributed by atoms with Gasteiger partial charge in [0.15, 0.2) is 0 Å². The molecule has 0 radical (unpaired) electrons. The van der Waals surface area contributed by atoms with E-state index in [2.05, 4.69) is 0 Å². The summed E-state index contributed by atoms with van der Waals surface area (Å²) in [5, 5.41) is 8.75. The quantitative estimate of drug-likeness (QED) is 0.912. The Balaban J connectivity index is 3.04. The highest BCUT2D eigenvalue weighted by atomic mass is 19.1. The van der Waals surface area contributed by atoms with E-state index in [-0.39, 0.29) is 23.1 Å². The second-order valence-corrected chi connectivity index (χ2v) is 4.90. The molecule has 0 aliphatic rings. The molecule has 104 valence electrons. The van der Waals surface area contributed by atoms with E-state index >= 15 is 0 Å². The summed E-state index contributed by atoms with van der Waals surface area (Å²) in [5.41, 5.74) is -0.284. The van der Waals surface area contributed by atoms with E-state index in [4.69, 9.17) is 5.11 Å². The van der Waals surface area contributed by atoms with Gasteiger partial charge in [0.05, 0.1) is 11.1 Å². The molecule has 0 fully saturated rings. The molecule has 1 unspecified atom stereocenters. The normalized spacial score (nSPS) is 12.3. The van der Waals surface area contributed by atoms with Crippen molar-refractivity contribution in [1.82, 2.24) is 4.90 Å². The van der Waals surface area contributed by atoms with Crippen molar-refractivity contribution < 1.29 is 19.1 Å². The van der Waals surface area contributed by atoms with E-state index in [1.165, 1.54) is 17.0 Å². The number of hydrogen-bond donors (Lipinski definition) is 1. The van der Waals surface area contributed by atoms with Crippen LogP contribution in [-0.2, 0) is 0 Å². The van der Waals surface area contributed by atoms with E-state index in [0.29, 0.717) is 0 Å². The van der Waals surface area contributed by atoms with Crippen LogP contribution in [0.15, 0.2) is 18.2 Å². The van der Waals surface area contributed by atoms with Gasteiger partial charge in [-0.2, -0.15) is 0 Å². The smallest absolute Gasteiger partial charge is 0.335 e. The minimum Gasteiger partial charge on any atom is -0.478 e. The van der Waals surface area contributed by atoms with Crippen LogP contribution in [0.4, 0.5) is 4.39 Å². The number of carbonyl (C=O) groups is 2. The van der Waals surface area contributed by atoms with Crippen molar-refractivity contribution in [2.24, 2.45) is 5.92 Å². The number of carbonyl (C=O) groups excluding carboxylic acids is 1. The summed E-state index contributed by atoms with van der Waals surface area (Å²) < 4.78 is 13.8. The van der Waals surface area contributed by atoms with Crippen molar-refractivity contribution >= 4 is 11.9 Å². The summed E-state index contributed by atoms with van der Waals surface area (Å²) in [6.07, 6.45) is 0. The molecule has 0 spiro atoms. The topological polar surface area (TPSA) is 57.6 Å². The molecule has 1 N–H and O–H groups in total. The first-order valence-corrected chi connectivity index (χ1v) is 6.05. The van der Waals surface area contributed by atoms with Crippen LogP contribution in [0.2, 0.25) is 0 Å². The van der Waals surface area contributed by atoms with Crippen LogP contribution in [0.5, 0.6) is 0 Å². The van der Waals surface area contributed by atoms with Crippen molar-refractivity contribution in [2.45, 2.75) is 26.8 Å². The number of aromatic carboxylic acids is 1. The standard InChI is InChI=1S/C14H18FNO3/c1-8(2)9(3)16(4)13(17)11-6-5-10(14(18)19)7-12(11)15/h5-9H,1-4H3,(H,18,19). The molecule has 1 rings (SSSR count). The van der Waals surface area contributed by atoms with E-state index in [1.807, 2.05) is 20.8 Å². The summed E-state index contributed by atoms with van der Waals surface area (Å²) in [5.74, 6) is -2.24. The number of amides is 1. The van der Waals surface area contributed by atoms with Crippen LogP contribution >= 0.6 is 0 Å². The fourth-order valence-electron chi connectivity index (χ4n) is 1.64. The molecule has 0 aromatic heterocycles. The van der Waals surface area contributed by atoms with Crippen LogP contribution in [0.3, 0.4) is 0 Å². The number of rotatable bonds is 4. The Morgan fingerprint density at radius 1 is 1.26 bits per heavy atom. The molecule has 0 saturated carbocycles. The molecule has 1 aromatic carbocycles. The maximum Gasteiger partial charge on any atom is 0.335 e. The van der Waals surface area contributed by atoms with Gasteiger partial charge in [0, 0.05) is 13.1 Å². The second-order valence-electron chi connectivity index (χ2n) is 4.90. The molecule has 1 atom stereocenters. The molecule has 0 bridgehead atoms. The van der Waals surface area contributed by atoms with Crippen LogP contribution in [0, 0.1) is 11.7 Å². The molecule has 19 heavy (non-hydrogen) atoms. The summed E-state index contributed by atoms with van der Waals surface area (Å²) in [6.45, 7) is 5.82. The Hall–Kier alpha value is -1.91. The van der Waals surface area contributed by atoms with Crippen molar-refractivity contribution in [3.63, 3.8) is 0 Å². The van der Waals surface area contributed by atoms with E-state index in [9.17, 15) is 14.0 Å². The Morgan fingerprint density at radius 2 is 1.84 bits per heavy atom. The number of hydrogen-bond acceptors (Lipinski definition) is 2. The number of carboxylic acids is 1. The van der Waals surface area contributed by atoms with Crippen molar-refractivity contribution in [3.05, 3.63) is 35.1 Å².